The van der Waals surface area contributed by atoms with Gasteiger partial charge in [0.15, 0.2) is 0 Å². The smallest absolute Gasteiger partial charge is 0.291 e. The fourth-order valence-electron chi connectivity index (χ4n) is 4.07. The Morgan fingerprint density at radius 2 is 1.83 bits per heavy atom. The summed E-state index contributed by atoms with van der Waals surface area (Å²) in [5.74, 6) is -0.0806. The number of amidine groups is 1. The Morgan fingerprint density at radius 1 is 1.08 bits per heavy atom. The zero-order valence-electron chi connectivity index (χ0n) is 19.4. The molecule has 4 N–H and O–H groups in total. The Bertz CT molecular complexity index is 1330. The Kier molecular flexibility index (Phi) is 6.67. The Morgan fingerprint density at radius 3 is 2.64 bits per heavy atom. The standard InChI is InChI=1S/C26H25N7O3/c27-22(19-10-6-12-29-24(19)33-13-15-35-16-14-33)36-26(28)32-23-25(34)30-20-11-5-4-9-18(20)21(31-23)17-7-2-1-3-8-17/h1-12,23,27H,13-16H2,(H2,28,32)(H,30,34)/t23-/m1/s1. The van der Waals surface area contributed by atoms with Crippen molar-refractivity contribution in [1.82, 2.24) is 4.98 Å². The molecule has 1 amide bonds. The van der Waals surface area contributed by atoms with Gasteiger partial charge in [0.2, 0.25) is 12.1 Å². The Labute approximate surface area is 208 Å². The van der Waals surface area contributed by atoms with Crippen LogP contribution in [0.1, 0.15) is 16.7 Å². The normalized spacial score (nSPS) is 17.9. The van der Waals surface area contributed by atoms with Gasteiger partial charge in [-0.3, -0.25) is 10.2 Å². The number of anilines is 2. The lowest BCUT2D eigenvalue weighted by atomic mass is 10.0. The molecule has 1 aromatic heterocycles. The van der Waals surface area contributed by atoms with Gasteiger partial charge >= 0.3 is 0 Å². The second-order valence-corrected chi connectivity index (χ2v) is 8.12. The SMILES string of the molecule is N=C(OC(N)=N[C@H]1N=C(c2ccccc2)c2ccccc2NC1=O)c1cccnc1N1CCOCC1. The molecule has 36 heavy (non-hydrogen) atoms. The predicted octanol–water partition coefficient (Wildman–Crippen LogP) is 2.39. The van der Waals surface area contributed by atoms with Gasteiger partial charge < -0.3 is 25.4 Å². The van der Waals surface area contributed by atoms with Crippen LogP contribution in [-0.4, -0.2) is 61.0 Å². The first-order chi connectivity index (χ1) is 17.6. The van der Waals surface area contributed by atoms with Crippen LogP contribution in [0.5, 0.6) is 0 Å². The summed E-state index contributed by atoms with van der Waals surface area (Å²) < 4.78 is 11.0. The molecule has 0 spiro atoms. The van der Waals surface area contributed by atoms with Gasteiger partial charge in [-0.25, -0.2) is 9.98 Å². The molecule has 0 radical (unpaired) electrons. The molecule has 0 aliphatic carbocycles. The molecule has 2 aliphatic heterocycles. The summed E-state index contributed by atoms with van der Waals surface area (Å²) in [5, 5.41) is 11.4. The van der Waals surface area contributed by atoms with E-state index in [1.54, 1.807) is 18.3 Å². The highest BCUT2D eigenvalue weighted by Crippen LogP contribution is 2.25. The van der Waals surface area contributed by atoms with Crippen molar-refractivity contribution in [3.8, 4) is 0 Å². The maximum atomic E-state index is 13.0. The highest BCUT2D eigenvalue weighted by Gasteiger charge is 2.26. The van der Waals surface area contributed by atoms with Gasteiger partial charge in [0.1, 0.15) is 5.82 Å². The number of para-hydroxylation sites is 1. The number of aromatic nitrogens is 1. The van der Waals surface area contributed by atoms with E-state index in [4.69, 9.17) is 20.6 Å². The minimum absolute atomic E-state index is 0.226. The number of ether oxygens (including phenoxy) is 2. The molecule has 1 atom stereocenters. The molecule has 5 rings (SSSR count). The number of benzene rings is 2. The Hall–Kier alpha value is -4.57. The molecule has 0 unspecified atom stereocenters. The number of benzodiazepines with no additional fused rings is 1. The van der Waals surface area contributed by atoms with E-state index >= 15 is 0 Å². The van der Waals surface area contributed by atoms with Crippen LogP contribution in [0.25, 0.3) is 0 Å². The van der Waals surface area contributed by atoms with Crippen molar-refractivity contribution < 1.29 is 14.3 Å². The van der Waals surface area contributed by atoms with Crippen LogP contribution in [0.4, 0.5) is 11.5 Å². The molecule has 182 valence electrons. The number of rotatable bonds is 4. The number of amides is 1. The first-order valence-electron chi connectivity index (χ1n) is 11.5. The van der Waals surface area contributed by atoms with Gasteiger partial charge in [-0.05, 0) is 18.2 Å². The average molecular weight is 484 g/mol. The number of aliphatic imine (C=N–C) groups is 2. The predicted molar refractivity (Wildman–Crippen MR) is 138 cm³/mol. The Balaban J connectivity index is 1.43. The summed E-state index contributed by atoms with van der Waals surface area (Å²) in [6.07, 6.45) is 0.458. The molecule has 10 heteroatoms. The fraction of sp³-hybridized carbons (Fsp3) is 0.192. The van der Waals surface area contributed by atoms with Crippen molar-refractivity contribution in [2.45, 2.75) is 6.17 Å². The van der Waals surface area contributed by atoms with Crippen LogP contribution in [0.3, 0.4) is 0 Å². The van der Waals surface area contributed by atoms with Crippen molar-refractivity contribution in [3.05, 3.63) is 89.6 Å². The highest BCUT2D eigenvalue weighted by atomic mass is 16.5. The lowest BCUT2D eigenvalue weighted by Crippen LogP contribution is -2.38. The molecule has 3 heterocycles. The number of morpholine rings is 1. The lowest BCUT2D eigenvalue weighted by Gasteiger charge is -2.29. The number of carbonyl (C=O) groups is 1. The summed E-state index contributed by atoms with van der Waals surface area (Å²) in [6, 6.07) is 20.1. The maximum absolute atomic E-state index is 13.0. The number of nitrogens with one attached hydrogen (secondary N) is 2. The van der Waals surface area contributed by atoms with E-state index in [1.165, 1.54) is 0 Å². The van der Waals surface area contributed by atoms with Crippen molar-refractivity contribution in [1.29, 1.82) is 5.41 Å². The molecule has 1 fully saturated rings. The third-order valence-corrected chi connectivity index (χ3v) is 5.77. The van der Waals surface area contributed by atoms with Gasteiger partial charge in [-0.1, -0.05) is 48.5 Å². The zero-order valence-corrected chi connectivity index (χ0v) is 19.4. The monoisotopic (exact) mass is 483 g/mol. The summed E-state index contributed by atoms with van der Waals surface area (Å²) in [4.78, 5) is 28.3. The number of carbonyl (C=O) groups excluding carboxylic acids is 1. The van der Waals surface area contributed by atoms with Crippen molar-refractivity contribution in [3.63, 3.8) is 0 Å². The number of nitrogens with two attached hydrogens (primary N) is 1. The quantitative estimate of drug-likeness (QED) is 0.385. The number of fused-ring (bicyclic) bond motifs is 1. The fourth-order valence-corrected chi connectivity index (χ4v) is 4.07. The molecule has 2 aliphatic rings. The van der Waals surface area contributed by atoms with Crippen LogP contribution >= 0.6 is 0 Å². The van der Waals surface area contributed by atoms with E-state index in [1.807, 2.05) is 59.5 Å². The number of hydrogen-bond acceptors (Lipinski definition) is 8. The molecule has 2 aromatic carbocycles. The third kappa shape index (κ3) is 4.93. The molecule has 1 saturated heterocycles. The van der Waals surface area contributed by atoms with E-state index < -0.39 is 12.1 Å². The van der Waals surface area contributed by atoms with Crippen LogP contribution in [0.15, 0.2) is 82.9 Å². The first-order valence-corrected chi connectivity index (χ1v) is 11.5. The number of pyridine rings is 1. The molecular formula is C26H25N7O3. The topological polar surface area (TPSA) is 138 Å². The molecule has 0 bridgehead atoms. The summed E-state index contributed by atoms with van der Waals surface area (Å²) in [5.41, 5.74) is 9.35. The van der Waals surface area contributed by atoms with Gasteiger partial charge in [0, 0.05) is 30.4 Å². The van der Waals surface area contributed by atoms with Gasteiger partial charge in [-0.2, -0.15) is 4.99 Å². The third-order valence-electron chi connectivity index (χ3n) is 5.77. The van der Waals surface area contributed by atoms with Gasteiger partial charge in [0.05, 0.1) is 30.2 Å². The lowest BCUT2D eigenvalue weighted by molar-refractivity contribution is -0.117. The van der Waals surface area contributed by atoms with E-state index in [2.05, 4.69) is 20.3 Å². The van der Waals surface area contributed by atoms with E-state index in [9.17, 15) is 4.79 Å². The molecular weight excluding hydrogens is 458 g/mol. The van der Waals surface area contributed by atoms with Crippen molar-refractivity contribution in [2.75, 3.05) is 36.5 Å². The minimum Gasteiger partial charge on any atom is -0.407 e. The second-order valence-electron chi connectivity index (χ2n) is 8.12. The van der Waals surface area contributed by atoms with Crippen LogP contribution in [0.2, 0.25) is 0 Å². The summed E-state index contributed by atoms with van der Waals surface area (Å²) in [6.45, 7) is 2.46. The molecule has 10 nitrogen and oxygen atoms in total. The zero-order chi connectivity index (χ0) is 24.9. The van der Waals surface area contributed by atoms with E-state index in [-0.39, 0.29) is 11.9 Å². The second kappa shape index (κ2) is 10.4. The first kappa shape index (κ1) is 23.2. The van der Waals surface area contributed by atoms with Gasteiger partial charge in [-0.15, -0.1) is 0 Å². The van der Waals surface area contributed by atoms with E-state index in [0.717, 1.165) is 11.1 Å². The minimum atomic E-state index is -1.20. The van der Waals surface area contributed by atoms with Crippen molar-refractivity contribution >= 4 is 35.0 Å². The average Bonchev–Trinajstić information content (AvgIpc) is 3.05. The number of hydrogen-bond donors (Lipinski definition) is 3. The highest BCUT2D eigenvalue weighted by molar-refractivity contribution is 6.19. The molecule has 0 saturated carbocycles. The summed E-state index contributed by atoms with van der Waals surface area (Å²) >= 11 is 0. The summed E-state index contributed by atoms with van der Waals surface area (Å²) in [7, 11) is 0. The van der Waals surface area contributed by atoms with Gasteiger partial charge in [0.25, 0.3) is 11.9 Å². The maximum Gasteiger partial charge on any atom is 0.291 e. The van der Waals surface area contributed by atoms with Crippen LogP contribution in [0, 0.1) is 5.41 Å². The number of nitrogens with zero attached hydrogens (tertiary/aromatic N) is 4. The largest absolute Gasteiger partial charge is 0.407 e. The molecule has 3 aromatic rings. The van der Waals surface area contributed by atoms with Crippen molar-refractivity contribution in [2.24, 2.45) is 15.7 Å². The van der Waals surface area contributed by atoms with E-state index in [0.29, 0.717) is 49.1 Å². The van der Waals surface area contributed by atoms with Crippen LogP contribution in [-0.2, 0) is 14.3 Å². The van der Waals surface area contributed by atoms with Crippen LogP contribution < -0.4 is 16.0 Å².